The summed E-state index contributed by atoms with van der Waals surface area (Å²) >= 11 is 6.51. The third kappa shape index (κ3) is 20.6. The molecule has 10 aromatic carbocycles. The number of aliphatic hydroxyl groups excluding tert-OH is 6. The maximum Gasteiger partial charge on any atom is 0.190 e. The lowest BCUT2D eigenvalue weighted by molar-refractivity contribution is 0.0822. The van der Waals surface area contributed by atoms with Crippen LogP contribution in [0.5, 0.6) is 0 Å². The van der Waals surface area contributed by atoms with E-state index >= 15 is 0 Å². The lowest BCUT2D eigenvalue weighted by Gasteiger charge is -2.32. The average molecular weight is 1870 g/mol. The molecule has 0 saturated heterocycles. The summed E-state index contributed by atoms with van der Waals surface area (Å²) in [4.78, 5) is 18.4. The molecule has 706 valence electrons. The van der Waals surface area contributed by atoms with Gasteiger partial charge in [-0.25, -0.2) is 37.4 Å². The molecule has 0 amide bonds. The van der Waals surface area contributed by atoms with Crippen LogP contribution >= 0.6 is 11.6 Å². The van der Waals surface area contributed by atoms with Crippen molar-refractivity contribution in [3.05, 3.63) is 322 Å². The molecule has 5 aromatic heterocycles. The van der Waals surface area contributed by atoms with E-state index in [0.29, 0.717) is 91.8 Å². The number of nitriles is 1. The lowest BCUT2D eigenvalue weighted by atomic mass is 9.73. The van der Waals surface area contributed by atoms with Crippen molar-refractivity contribution in [1.82, 2.24) is 22.8 Å². The summed E-state index contributed by atoms with van der Waals surface area (Å²) in [5.41, 5.74) is 30.8. The molecular formula is C117H119ClF3N11O6. The molecule has 1 unspecified atom stereocenters. The zero-order valence-electron chi connectivity index (χ0n) is 80.7. The van der Waals surface area contributed by atoms with Gasteiger partial charge in [0.25, 0.3) is 0 Å². The smallest absolute Gasteiger partial charge is 0.190 e. The summed E-state index contributed by atoms with van der Waals surface area (Å²) in [5.74, 6) is -1.56. The Morgan fingerprint density at radius 3 is 1.33 bits per heavy atom. The quantitative estimate of drug-likeness (QED) is 0.0519. The lowest BCUT2D eigenvalue weighted by Crippen LogP contribution is -2.22. The fraction of sp³-hybridized carbons (Fsp3) is 0.350. The first-order valence-electron chi connectivity index (χ1n) is 47.7. The average Bonchev–Trinajstić information content (AvgIpc) is 1.61. The summed E-state index contributed by atoms with van der Waals surface area (Å²) < 4.78 is 53.7. The van der Waals surface area contributed by atoms with E-state index in [9.17, 15) is 44.0 Å². The summed E-state index contributed by atoms with van der Waals surface area (Å²) in [6.07, 6.45) is 23.9. The molecule has 0 radical (unpaired) electrons. The van der Waals surface area contributed by atoms with Gasteiger partial charge in [0.05, 0.1) is 86.5 Å². The SMILES string of the molecule is Cc1cc2c(cc1C#N)c(-c1c(F)ccc(C)c1F)cn2CCCO.[C-]#[N+]c1cc(C)cc(-c2cn(C3CCC(O)CC3)c3cc(C)c([N+]#[C-])cc23)c1.[C-]#[N+]c1cc2c(-c3ccc(F)c(C)c3Cl)cn(C3CCC(O)CC3)c2cc1C.[C-]#[N+]c1cc2c(-c3cccc4c3CCC(C)(C)C4)cn(CC(O)CO)c2cc1C.[C-]#[N+]c1cc2c(-c3cccc4c3CCC(C)(C)C4)cn(CCCO)c2cc1C. The Morgan fingerprint density at radius 2 is 0.870 bits per heavy atom. The van der Waals surface area contributed by atoms with Crippen molar-refractivity contribution >= 4 is 94.6 Å². The number of fused-ring (bicyclic) bond motifs is 7. The topological polar surface area (TPSA) is 192 Å². The van der Waals surface area contributed by atoms with Crippen molar-refractivity contribution in [1.29, 1.82) is 5.26 Å². The molecule has 138 heavy (non-hydrogen) atoms. The minimum Gasteiger partial charge on any atom is -0.396 e. The van der Waals surface area contributed by atoms with E-state index in [1.165, 1.54) is 63.6 Å². The van der Waals surface area contributed by atoms with E-state index in [2.05, 4.69) is 163 Å². The Balaban J connectivity index is 0.000000131. The Kier molecular flexibility index (Phi) is 30.1. The van der Waals surface area contributed by atoms with E-state index in [0.717, 1.165) is 212 Å². The zero-order chi connectivity index (χ0) is 98.6. The fourth-order valence-corrected chi connectivity index (χ4v) is 21.2. The van der Waals surface area contributed by atoms with Crippen LogP contribution in [-0.4, -0.2) is 91.6 Å². The molecule has 21 heteroatoms. The van der Waals surface area contributed by atoms with Crippen molar-refractivity contribution < 1.29 is 43.8 Å². The third-order valence-corrected chi connectivity index (χ3v) is 29.1. The predicted octanol–water partition coefficient (Wildman–Crippen LogP) is 28.8. The van der Waals surface area contributed by atoms with Gasteiger partial charge in [-0.2, -0.15) is 5.26 Å². The van der Waals surface area contributed by atoms with Crippen molar-refractivity contribution in [2.45, 2.75) is 236 Å². The standard InChI is InChI=1S/C25H28N2O2.C25H28N2O.C24H23N3O.C23H22ClFN2O.C20H18F2N2O/c1-16-10-24-21(11-23(16)26-4)22(14-27(24)13-18(29)15-28)20-7-5-6-17-12-25(2,3)9-8-19(17)20;1-17-13-24-21(14-23(17)26-4)22(16-27(24)11-6-12-28)20-8-5-7-18-15-25(2,3)10-9-19(18)20;1-15-9-17(12-18(10-15)25-3)22-14-27(19-5-7-20(28)8-6-19)24-11-16(2)23(26-4)13-21(22)24;1-13-10-22-18(11-21(13)26-3)19(17-8-9-20(25)14(2)23(17)24)12-27(22)15-4-6-16(28)7-5-15;1-12-4-5-17(21)19(20(12)22)16-11-24(6-3-7-25)18-8-13(2)14(10-23)9-15(16)18/h5-7,10-11,14,18,28-29H,8-9,12-13,15H2,1-3H3;5,7-8,13-14,16,28H,6,9-12,15H2,1-3H3;9-14,19-20,28H,5-8H2,1-2H3;8-12,15-16,28H,4-7H2,1-2H3;4-5,8-9,11,25H,3,6-7H2,1-2H3. The number of benzene rings is 10. The van der Waals surface area contributed by atoms with Crippen LogP contribution in [0, 0.1) is 128 Å². The van der Waals surface area contributed by atoms with E-state index in [-0.39, 0.29) is 49.5 Å². The van der Waals surface area contributed by atoms with E-state index in [4.69, 9.17) is 49.6 Å². The minimum atomic E-state index is -0.815. The van der Waals surface area contributed by atoms with Crippen LogP contribution in [0.15, 0.2) is 171 Å². The molecule has 0 aliphatic heterocycles. The van der Waals surface area contributed by atoms with Crippen molar-refractivity contribution in [2.24, 2.45) is 10.8 Å². The van der Waals surface area contributed by atoms with Crippen LogP contribution in [0.3, 0.4) is 0 Å². The molecule has 17 nitrogen and oxygen atoms in total. The maximum absolute atomic E-state index is 14.6. The summed E-state index contributed by atoms with van der Waals surface area (Å²) in [7, 11) is 0. The first-order chi connectivity index (χ1) is 66.1. The molecular weight excluding hydrogens is 1750 g/mol. The molecule has 2 fully saturated rings. The molecule has 4 aliphatic rings. The number of aliphatic hydroxyl groups is 6. The highest BCUT2D eigenvalue weighted by Gasteiger charge is 2.33. The molecule has 4 aliphatic carbocycles. The molecule has 1 atom stereocenters. The van der Waals surface area contributed by atoms with E-state index in [1.54, 1.807) is 32.2 Å². The minimum absolute atomic E-state index is 0.0252. The van der Waals surface area contributed by atoms with E-state index < -0.39 is 17.7 Å². The fourth-order valence-electron chi connectivity index (χ4n) is 20.9. The second-order valence-corrected chi connectivity index (χ2v) is 40.1. The van der Waals surface area contributed by atoms with Crippen molar-refractivity contribution in [2.75, 3.05) is 19.8 Å². The van der Waals surface area contributed by atoms with Gasteiger partial charge in [-0.05, 0) is 348 Å². The normalized spacial score (nSPS) is 16.5. The molecule has 2 saturated carbocycles. The Morgan fingerprint density at radius 1 is 0.449 bits per heavy atom. The van der Waals surface area contributed by atoms with Gasteiger partial charge in [-0.15, -0.1) is 0 Å². The van der Waals surface area contributed by atoms with Gasteiger partial charge in [-0.3, -0.25) is 0 Å². The van der Waals surface area contributed by atoms with Crippen LogP contribution in [0.4, 0.5) is 41.6 Å². The number of hydrogen-bond donors (Lipinski definition) is 6. The number of aromatic nitrogens is 5. The van der Waals surface area contributed by atoms with Gasteiger partial charge in [0.1, 0.15) is 17.5 Å². The van der Waals surface area contributed by atoms with Crippen LogP contribution in [0.1, 0.15) is 189 Å². The summed E-state index contributed by atoms with van der Waals surface area (Å²) in [5, 5.41) is 72.1. The second kappa shape index (κ2) is 41.9. The number of rotatable bonds is 16. The van der Waals surface area contributed by atoms with E-state index in [1.807, 2.05) is 93.1 Å². The Hall–Kier alpha value is -13.3. The highest BCUT2D eigenvalue weighted by atomic mass is 35.5. The Bertz CT molecular complexity index is 7490. The highest BCUT2D eigenvalue weighted by molar-refractivity contribution is 6.34. The van der Waals surface area contributed by atoms with Crippen LogP contribution < -0.4 is 0 Å². The summed E-state index contributed by atoms with van der Waals surface area (Å²) in [6.45, 7) is 63.4. The van der Waals surface area contributed by atoms with Gasteiger partial charge < -0.3 is 53.5 Å². The van der Waals surface area contributed by atoms with Crippen LogP contribution in [0.25, 0.3) is 134 Å². The van der Waals surface area contributed by atoms with Crippen molar-refractivity contribution in [3.63, 3.8) is 0 Å². The maximum atomic E-state index is 14.6. The zero-order valence-corrected chi connectivity index (χ0v) is 81.5. The first kappa shape index (κ1) is 99.2. The van der Waals surface area contributed by atoms with Gasteiger partial charge >= 0.3 is 0 Å². The first-order valence-corrected chi connectivity index (χ1v) is 48.1. The second-order valence-electron chi connectivity index (χ2n) is 39.7. The summed E-state index contributed by atoms with van der Waals surface area (Å²) in [6, 6.07) is 47.5. The van der Waals surface area contributed by atoms with Gasteiger partial charge in [0.2, 0.25) is 0 Å². The largest absolute Gasteiger partial charge is 0.396 e. The monoisotopic (exact) mass is 1870 g/mol. The number of halogens is 4. The van der Waals surface area contributed by atoms with Gasteiger partial charge in [0.15, 0.2) is 28.4 Å². The predicted molar refractivity (Wildman–Crippen MR) is 551 cm³/mol. The van der Waals surface area contributed by atoms with Gasteiger partial charge in [0, 0.05) is 141 Å². The third-order valence-electron chi connectivity index (χ3n) is 28.6. The number of nitrogens with zero attached hydrogens (tertiary/aromatic N) is 11. The molecule has 6 N–H and O–H groups in total. The number of aryl methyl sites for hydroxylation is 9. The molecule has 0 bridgehead atoms. The van der Waals surface area contributed by atoms with Gasteiger partial charge in [-0.1, -0.05) is 99.5 Å². The molecule has 5 heterocycles. The number of hydrogen-bond acceptors (Lipinski definition) is 7. The van der Waals surface area contributed by atoms with Crippen LogP contribution in [0.2, 0.25) is 5.02 Å². The Labute approximate surface area is 812 Å². The molecule has 15 aromatic rings. The molecule has 0 spiro atoms. The molecule has 19 rings (SSSR count). The van der Waals surface area contributed by atoms with Crippen molar-refractivity contribution in [3.8, 4) is 61.7 Å². The highest BCUT2D eigenvalue weighted by Crippen LogP contribution is 2.50. The van der Waals surface area contributed by atoms with Crippen LogP contribution in [-0.2, 0) is 45.3 Å².